The zero-order chi connectivity index (χ0) is 12.0. The highest BCUT2D eigenvalue weighted by Crippen LogP contribution is 2.21. The average Bonchev–Trinajstić information content (AvgIpc) is 2.28. The molecule has 1 aliphatic rings. The Morgan fingerprint density at radius 2 is 2.00 bits per heavy atom. The van der Waals surface area contributed by atoms with Gasteiger partial charge < -0.3 is 0 Å². The lowest BCUT2D eigenvalue weighted by Crippen LogP contribution is -2.45. The van der Waals surface area contributed by atoms with Crippen molar-refractivity contribution >= 4 is 5.91 Å². The number of hydrogen-bond donors (Lipinski definition) is 1. The second-order valence-electron chi connectivity index (χ2n) is 4.64. The lowest BCUT2D eigenvalue weighted by Gasteiger charge is -2.39. The van der Waals surface area contributed by atoms with E-state index in [9.17, 15) is 4.79 Å². The van der Waals surface area contributed by atoms with Gasteiger partial charge in [0.1, 0.15) is 0 Å². The molecule has 1 amide bonds. The summed E-state index contributed by atoms with van der Waals surface area (Å²) in [6, 6.07) is 0. The van der Waals surface area contributed by atoms with Gasteiger partial charge in [0.25, 0.3) is 5.91 Å². The number of hydrogen-bond acceptors (Lipinski definition) is 3. The van der Waals surface area contributed by atoms with Crippen LogP contribution in [0.25, 0.3) is 0 Å². The first-order valence-electron chi connectivity index (χ1n) is 5.69. The molecular weight excluding hydrogens is 202 g/mol. The summed E-state index contributed by atoms with van der Waals surface area (Å²) in [6.07, 6.45) is 8.67. The fraction of sp³-hybridized carbons (Fsp3) is 0.667. The summed E-state index contributed by atoms with van der Waals surface area (Å²) in [4.78, 5) is 13.5. The molecule has 0 aromatic heterocycles. The van der Waals surface area contributed by atoms with Crippen LogP contribution in [0.15, 0.2) is 12.2 Å². The highest BCUT2D eigenvalue weighted by atomic mass is 16.1. The zero-order valence-electron chi connectivity index (χ0n) is 9.99. The topological polar surface area (TPSA) is 56.1 Å². The van der Waals surface area contributed by atoms with E-state index in [0.29, 0.717) is 0 Å². The van der Waals surface area contributed by atoms with Gasteiger partial charge in [-0.2, -0.15) is 5.26 Å². The molecule has 1 fully saturated rings. The summed E-state index contributed by atoms with van der Waals surface area (Å²) in [6.45, 7) is 6.34. The van der Waals surface area contributed by atoms with Crippen LogP contribution >= 0.6 is 0 Å². The van der Waals surface area contributed by atoms with Crippen LogP contribution in [0.2, 0.25) is 0 Å². The molecule has 16 heavy (non-hydrogen) atoms. The van der Waals surface area contributed by atoms with Gasteiger partial charge in [0.05, 0.1) is 0 Å². The van der Waals surface area contributed by atoms with E-state index in [4.69, 9.17) is 5.26 Å². The molecule has 1 heterocycles. The van der Waals surface area contributed by atoms with Crippen LogP contribution in [0.4, 0.5) is 0 Å². The van der Waals surface area contributed by atoms with Crippen LogP contribution in [0.1, 0.15) is 33.1 Å². The third-order valence-electron chi connectivity index (χ3n) is 2.99. The van der Waals surface area contributed by atoms with Gasteiger partial charge in [0, 0.05) is 11.6 Å². The van der Waals surface area contributed by atoms with Crippen LogP contribution < -0.4 is 5.32 Å². The van der Waals surface area contributed by atoms with E-state index in [1.807, 2.05) is 6.08 Å². The third kappa shape index (κ3) is 3.67. The van der Waals surface area contributed by atoms with E-state index in [-0.39, 0.29) is 11.4 Å². The molecule has 0 saturated carbocycles. The maximum absolute atomic E-state index is 11.1. The largest absolute Gasteiger partial charge is 0.295 e. The summed E-state index contributed by atoms with van der Waals surface area (Å²) in [5.74, 6) is -0.354. The molecule has 1 rings (SSSR count). The van der Waals surface area contributed by atoms with E-state index in [1.165, 1.54) is 25.3 Å². The number of amides is 1. The smallest absolute Gasteiger partial charge is 0.256 e. The minimum Gasteiger partial charge on any atom is -0.295 e. The SMILES string of the molecule is CC(C)(C=CC(=O)NC#N)N1CCCCC1. The van der Waals surface area contributed by atoms with Gasteiger partial charge in [-0.3, -0.25) is 15.0 Å². The number of nitriles is 1. The highest BCUT2D eigenvalue weighted by molar-refractivity contribution is 5.88. The van der Waals surface area contributed by atoms with Crippen molar-refractivity contribution in [3.05, 3.63) is 12.2 Å². The first kappa shape index (κ1) is 12.7. The molecule has 1 aliphatic heterocycles. The fourth-order valence-electron chi connectivity index (χ4n) is 1.95. The molecule has 4 nitrogen and oxygen atoms in total. The Kier molecular flexibility index (Phi) is 4.51. The number of nitrogens with one attached hydrogen (secondary N) is 1. The molecule has 1 saturated heterocycles. The summed E-state index contributed by atoms with van der Waals surface area (Å²) in [7, 11) is 0. The Morgan fingerprint density at radius 1 is 1.38 bits per heavy atom. The maximum atomic E-state index is 11.1. The molecule has 4 heteroatoms. The number of carbonyl (C=O) groups excluding carboxylic acids is 1. The van der Waals surface area contributed by atoms with Gasteiger partial charge in [-0.25, -0.2) is 0 Å². The molecule has 1 N–H and O–H groups in total. The van der Waals surface area contributed by atoms with Gasteiger partial charge >= 0.3 is 0 Å². The van der Waals surface area contributed by atoms with Crippen LogP contribution in [0.5, 0.6) is 0 Å². The molecule has 0 unspecified atom stereocenters. The minimum absolute atomic E-state index is 0.118. The van der Waals surface area contributed by atoms with Gasteiger partial charge in [0.15, 0.2) is 6.19 Å². The molecule has 0 bridgehead atoms. The van der Waals surface area contributed by atoms with Crippen molar-refractivity contribution in [3.63, 3.8) is 0 Å². The quantitative estimate of drug-likeness (QED) is 0.445. The fourth-order valence-corrected chi connectivity index (χ4v) is 1.95. The van der Waals surface area contributed by atoms with Crippen LogP contribution in [0, 0.1) is 11.5 Å². The predicted molar refractivity (Wildman–Crippen MR) is 62.4 cm³/mol. The van der Waals surface area contributed by atoms with Crippen molar-refractivity contribution in [1.82, 2.24) is 10.2 Å². The van der Waals surface area contributed by atoms with Crippen molar-refractivity contribution in [1.29, 1.82) is 5.26 Å². The molecule has 0 spiro atoms. The predicted octanol–water partition coefficient (Wildman–Crippen LogP) is 1.40. The van der Waals surface area contributed by atoms with Crippen LogP contribution in [-0.2, 0) is 4.79 Å². The van der Waals surface area contributed by atoms with Gasteiger partial charge in [-0.15, -0.1) is 0 Å². The van der Waals surface area contributed by atoms with E-state index in [1.54, 1.807) is 6.19 Å². The normalized spacial score (nSPS) is 18.3. The molecule has 0 atom stereocenters. The molecule has 0 radical (unpaired) electrons. The lowest BCUT2D eigenvalue weighted by atomic mass is 9.98. The second-order valence-corrected chi connectivity index (χ2v) is 4.64. The van der Waals surface area contributed by atoms with E-state index >= 15 is 0 Å². The third-order valence-corrected chi connectivity index (χ3v) is 2.99. The van der Waals surface area contributed by atoms with E-state index < -0.39 is 0 Å². The first-order valence-corrected chi connectivity index (χ1v) is 5.69. The molecular formula is C12H19N3O. The van der Waals surface area contributed by atoms with Crippen molar-refractivity contribution < 1.29 is 4.79 Å². The highest BCUT2D eigenvalue weighted by Gasteiger charge is 2.25. The summed E-state index contributed by atoms with van der Waals surface area (Å²) < 4.78 is 0. The second kappa shape index (κ2) is 5.66. The van der Waals surface area contributed by atoms with Gasteiger partial charge in [-0.05, 0) is 39.8 Å². The average molecular weight is 221 g/mol. The Bertz CT molecular complexity index is 309. The Labute approximate surface area is 96.9 Å². The van der Waals surface area contributed by atoms with E-state index in [2.05, 4.69) is 24.1 Å². The van der Waals surface area contributed by atoms with Crippen molar-refractivity contribution in [2.45, 2.75) is 38.6 Å². The minimum atomic E-state index is -0.354. The van der Waals surface area contributed by atoms with Crippen molar-refractivity contribution in [3.8, 4) is 6.19 Å². The number of nitrogens with zero attached hydrogens (tertiary/aromatic N) is 2. The summed E-state index contributed by atoms with van der Waals surface area (Å²) in [5.41, 5.74) is -0.118. The van der Waals surface area contributed by atoms with Crippen molar-refractivity contribution in [2.24, 2.45) is 0 Å². The Morgan fingerprint density at radius 3 is 2.56 bits per heavy atom. The first-order chi connectivity index (χ1) is 7.56. The molecule has 0 aromatic carbocycles. The van der Waals surface area contributed by atoms with Crippen molar-refractivity contribution in [2.75, 3.05) is 13.1 Å². The van der Waals surface area contributed by atoms with Gasteiger partial charge in [0.2, 0.25) is 0 Å². The van der Waals surface area contributed by atoms with Crippen LogP contribution in [0.3, 0.4) is 0 Å². The lowest BCUT2D eigenvalue weighted by molar-refractivity contribution is -0.115. The summed E-state index contributed by atoms with van der Waals surface area (Å²) >= 11 is 0. The standard InChI is InChI=1S/C12H19N3O/c1-12(2,7-6-11(16)14-10-13)15-8-4-3-5-9-15/h6-7H,3-5,8-9H2,1-2H3,(H,14,16). The van der Waals surface area contributed by atoms with E-state index in [0.717, 1.165) is 13.1 Å². The Balaban J connectivity index is 2.55. The number of likely N-dealkylation sites (tertiary alicyclic amines) is 1. The maximum Gasteiger partial charge on any atom is 0.256 e. The van der Waals surface area contributed by atoms with Gasteiger partial charge in [-0.1, -0.05) is 12.5 Å². The number of carbonyl (C=O) groups is 1. The molecule has 0 aromatic rings. The van der Waals surface area contributed by atoms with Crippen LogP contribution in [-0.4, -0.2) is 29.4 Å². The molecule has 88 valence electrons. The zero-order valence-corrected chi connectivity index (χ0v) is 9.99. The monoisotopic (exact) mass is 221 g/mol. The molecule has 0 aliphatic carbocycles. The Hall–Kier alpha value is -1.34. The number of piperidine rings is 1. The number of rotatable bonds is 3. The summed E-state index contributed by atoms with van der Waals surface area (Å²) in [5, 5.41) is 10.4.